The molecule has 0 aliphatic carbocycles. The smallest absolute Gasteiger partial charge is 0.184 e. The van der Waals surface area contributed by atoms with E-state index in [9.17, 15) is 10.2 Å². The zero-order valence-electron chi connectivity index (χ0n) is 18.4. The van der Waals surface area contributed by atoms with Gasteiger partial charge in [0.1, 0.15) is 24.4 Å². The number of hydrogen-bond donors (Lipinski definition) is 2. The van der Waals surface area contributed by atoms with Crippen LogP contribution in [0.2, 0.25) is 0 Å². The molecular weight excluding hydrogens is 420 g/mol. The van der Waals surface area contributed by atoms with Crippen LogP contribution in [-0.2, 0) is 38.8 Å². The second-order valence-electron chi connectivity index (χ2n) is 8.08. The fourth-order valence-corrected chi connectivity index (χ4v) is 3.82. The highest BCUT2D eigenvalue weighted by Crippen LogP contribution is 2.28. The topological polar surface area (TPSA) is 77.4 Å². The van der Waals surface area contributed by atoms with Gasteiger partial charge in [0.05, 0.1) is 26.4 Å². The van der Waals surface area contributed by atoms with E-state index in [1.807, 2.05) is 91.0 Å². The third-order valence-corrected chi connectivity index (χ3v) is 5.60. The number of hydrogen-bond acceptors (Lipinski definition) is 6. The van der Waals surface area contributed by atoms with Gasteiger partial charge < -0.3 is 29.2 Å². The van der Waals surface area contributed by atoms with Crippen molar-refractivity contribution in [2.24, 2.45) is 0 Å². The second kappa shape index (κ2) is 12.0. The molecule has 2 N–H and O–H groups in total. The van der Waals surface area contributed by atoms with Crippen LogP contribution in [0.1, 0.15) is 16.7 Å². The van der Waals surface area contributed by atoms with E-state index in [2.05, 4.69) is 0 Å². The predicted molar refractivity (Wildman–Crippen MR) is 123 cm³/mol. The molecular formula is C27H30O6. The van der Waals surface area contributed by atoms with Gasteiger partial charge >= 0.3 is 0 Å². The number of benzene rings is 3. The number of ether oxygens (including phenoxy) is 4. The SMILES string of the molecule is OC1O[C@H](C(COCc2ccccc2)OCc2ccccc2)[C@H](OCc2ccccc2)[C@H]1O. The Bertz CT molecular complexity index is 937. The summed E-state index contributed by atoms with van der Waals surface area (Å²) in [6.07, 6.45) is -4.55. The number of aliphatic hydroxyl groups excluding tert-OH is 2. The highest BCUT2D eigenvalue weighted by Gasteiger charge is 2.48. The molecule has 0 amide bonds. The third-order valence-electron chi connectivity index (χ3n) is 5.60. The monoisotopic (exact) mass is 450 g/mol. The van der Waals surface area contributed by atoms with Crippen LogP contribution in [0.3, 0.4) is 0 Å². The molecule has 0 aromatic heterocycles. The molecule has 1 heterocycles. The molecule has 5 atom stereocenters. The van der Waals surface area contributed by atoms with E-state index in [4.69, 9.17) is 18.9 Å². The van der Waals surface area contributed by atoms with Crippen LogP contribution in [0.4, 0.5) is 0 Å². The first-order valence-electron chi connectivity index (χ1n) is 11.1. The Balaban J connectivity index is 1.44. The molecule has 1 fully saturated rings. The zero-order valence-corrected chi connectivity index (χ0v) is 18.4. The van der Waals surface area contributed by atoms with Crippen molar-refractivity contribution in [2.75, 3.05) is 6.61 Å². The van der Waals surface area contributed by atoms with Gasteiger partial charge in [-0.1, -0.05) is 91.0 Å². The standard InChI is InChI=1S/C27H30O6/c28-24-26(32-18-22-14-8-3-9-15-22)25(33-27(24)29)23(31-17-21-12-6-2-7-13-21)19-30-16-20-10-4-1-5-11-20/h1-15,23-29H,16-19H2/t23?,24-,25-,26-,27?/m1/s1. The Morgan fingerprint density at radius 3 is 1.79 bits per heavy atom. The maximum Gasteiger partial charge on any atom is 0.184 e. The minimum absolute atomic E-state index is 0.219. The van der Waals surface area contributed by atoms with Crippen LogP contribution in [0, 0.1) is 0 Å². The molecule has 0 bridgehead atoms. The van der Waals surface area contributed by atoms with E-state index in [0.717, 1.165) is 16.7 Å². The summed E-state index contributed by atoms with van der Waals surface area (Å²) in [5.41, 5.74) is 3.02. The summed E-state index contributed by atoms with van der Waals surface area (Å²) >= 11 is 0. The predicted octanol–water partition coefficient (Wildman–Crippen LogP) is 3.45. The van der Waals surface area contributed by atoms with Crippen LogP contribution >= 0.6 is 0 Å². The van der Waals surface area contributed by atoms with Crippen molar-refractivity contribution in [1.29, 1.82) is 0 Å². The molecule has 0 radical (unpaired) electrons. The summed E-state index contributed by atoms with van der Waals surface area (Å²) in [4.78, 5) is 0. The lowest BCUT2D eigenvalue weighted by molar-refractivity contribution is -0.170. The normalized spacial score (nSPS) is 23.5. The van der Waals surface area contributed by atoms with Gasteiger partial charge in [-0.3, -0.25) is 0 Å². The average molecular weight is 451 g/mol. The highest BCUT2D eigenvalue weighted by molar-refractivity contribution is 5.15. The zero-order chi connectivity index (χ0) is 22.9. The molecule has 0 spiro atoms. The molecule has 3 aromatic rings. The van der Waals surface area contributed by atoms with Gasteiger partial charge in [-0.05, 0) is 16.7 Å². The summed E-state index contributed by atoms with van der Waals surface area (Å²) in [6.45, 7) is 1.26. The maximum absolute atomic E-state index is 10.5. The summed E-state index contributed by atoms with van der Waals surface area (Å²) in [5, 5.41) is 20.8. The Morgan fingerprint density at radius 1 is 0.697 bits per heavy atom. The number of aliphatic hydroxyl groups is 2. The lowest BCUT2D eigenvalue weighted by Gasteiger charge is -2.28. The van der Waals surface area contributed by atoms with Gasteiger partial charge in [-0.25, -0.2) is 0 Å². The molecule has 2 unspecified atom stereocenters. The fourth-order valence-electron chi connectivity index (χ4n) is 3.82. The molecule has 1 aliphatic rings. The minimum Gasteiger partial charge on any atom is -0.385 e. The fraction of sp³-hybridized carbons (Fsp3) is 0.333. The van der Waals surface area contributed by atoms with E-state index in [-0.39, 0.29) is 13.2 Å². The minimum atomic E-state index is -1.35. The van der Waals surface area contributed by atoms with Crippen molar-refractivity contribution >= 4 is 0 Å². The Hall–Kier alpha value is -2.58. The second-order valence-corrected chi connectivity index (χ2v) is 8.08. The first-order valence-corrected chi connectivity index (χ1v) is 11.1. The van der Waals surface area contributed by atoms with E-state index >= 15 is 0 Å². The first kappa shape index (κ1) is 23.6. The van der Waals surface area contributed by atoms with Crippen molar-refractivity contribution < 1.29 is 29.2 Å². The van der Waals surface area contributed by atoms with E-state index < -0.39 is 30.7 Å². The van der Waals surface area contributed by atoms with Gasteiger partial charge in [0.15, 0.2) is 6.29 Å². The molecule has 0 saturated carbocycles. The summed E-state index contributed by atoms with van der Waals surface area (Å²) in [5.74, 6) is 0. The van der Waals surface area contributed by atoms with Crippen LogP contribution in [-0.4, -0.2) is 47.5 Å². The molecule has 6 nitrogen and oxygen atoms in total. The van der Waals surface area contributed by atoms with E-state index in [0.29, 0.717) is 13.2 Å². The summed E-state index contributed by atoms with van der Waals surface area (Å²) < 4.78 is 23.8. The Kier molecular flexibility index (Phi) is 8.60. The molecule has 174 valence electrons. The van der Waals surface area contributed by atoms with Crippen LogP contribution in [0.25, 0.3) is 0 Å². The van der Waals surface area contributed by atoms with Crippen LogP contribution in [0.15, 0.2) is 91.0 Å². The van der Waals surface area contributed by atoms with E-state index in [1.165, 1.54) is 0 Å². The quantitative estimate of drug-likeness (QED) is 0.466. The Labute approximate surface area is 194 Å². The lowest BCUT2D eigenvalue weighted by Crippen LogP contribution is -2.44. The molecule has 3 aromatic carbocycles. The molecule has 6 heteroatoms. The van der Waals surface area contributed by atoms with Crippen LogP contribution in [0.5, 0.6) is 0 Å². The third kappa shape index (κ3) is 6.71. The van der Waals surface area contributed by atoms with Crippen molar-refractivity contribution in [1.82, 2.24) is 0 Å². The maximum atomic E-state index is 10.5. The van der Waals surface area contributed by atoms with Gasteiger partial charge in [-0.2, -0.15) is 0 Å². The van der Waals surface area contributed by atoms with Crippen molar-refractivity contribution in [3.8, 4) is 0 Å². The molecule has 1 aliphatic heterocycles. The van der Waals surface area contributed by atoms with Gasteiger partial charge in [0.2, 0.25) is 0 Å². The van der Waals surface area contributed by atoms with Crippen molar-refractivity contribution in [2.45, 2.75) is 50.5 Å². The van der Waals surface area contributed by atoms with Gasteiger partial charge in [0, 0.05) is 0 Å². The van der Waals surface area contributed by atoms with Crippen molar-refractivity contribution in [3.63, 3.8) is 0 Å². The van der Waals surface area contributed by atoms with Crippen molar-refractivity contribution in [3.05, 3.63) is 108 Å². The highest BCUT2D eigenvalue weighted by atomic mass is 16.7. The molecule has 33 heavy (non-hydrogen) atoms. The molecule has 4 rings (SSSR count). The number of rotatable bonds is 11. The van der Waals surface area contributed by atoms with Gasteiger partial charge in [0.25, 0.3) is 0 Å². The Morgan fingerprint density at radius 2 is 1.21 bits per heavy atom. The summed E-state index contributed by atoms with van der Waals surface area (Å²) in [7, 11) is 0. The summed E-state index contributed by atoms with van der Waals surface area (Å²) in [6, 6.07) is 29.3. The molecule has 1 saturated heterocycles. The van der Waals surface area contributed by atoms with E-state index in [1.54, 1.807) is 0 Å². The first-order chi connectivity index (χ1) is 16.2. The van der Waals surface area contributed by atoms with Crippen LogP contribution < -0.4 is 0 Å². The lowest BCUT2D eigenvalue weighted by atomic mass is 10.1. The van der Waals surface area contributed by atoms with Gasteiger partial charge in [-0.15, -0.1) is 0 Å². The largest absolute Gasteiger partial charge is 0.385 e. The average Bonchev–Trinajstić information content (AvgIpc) is 3.15.